The van der Waals surface area contributed by atoms with Gasteiger partial charge in [0.25, 0.3) is 0 Å². The Morgan fingerprint density at radius 2 is 2.05 bits per heavy atom. The van der Waals surface area contributed by atoms with Crippen molar-refractivity contribution >= 4 is 11.8 Å². The van der Waals surface area contributed by atoms with Crippen LogP contribution in [0.15, 0.2) is 18.5 Å². The van der Waals surface area contributed by atoms with E-state index >= 15 is 0 Å². The largest absolute Gasteiger partial charge is 0.340 e. The molecule has 1 aromatic heterocycles. The minimum absolute atomic E-state index is 0.0356. The zero-order valence-corrected chi connectivity index (χ0v) is 12.7. The number of carbonyl (C=O) groups excluding carboxylic acids is 2. The highest BCUT2D eigenvalue weighted by Gasteiger charge is 2.46. The summed E-state index contributed by atoms with van der Waals surface area (Å²) in [5.74, 6) is -0.850. The van der Waals surface area contributed by atoms with Crippen LogP contribution in [0.4, 0.5) is 4.39 Å². The highest BCUT2D eigenvalue weighted by molar-refractivity contribution is 5.99. The highest BCUT2D eigenvalue weighted by atomic mass is 19.1. The van der Waals surface area contributed by atoms with Gasteiger partial charge in [-0.25, -0.2) is 4.39 Å². The van der Waals surface area contributed by atoms with Gasteiger partial charge < -0.3 is 10.2 Å². The lowest BCUT2D eigenvalue weighted by Gasteiger charge is -2.44. The van der Waals surface area contributed by atoms with Crippen LogP contribution in [0.5, 0.6) is 0 Å². The van der Waals surface area contributed by atoms with Crippen molar-refractivity contribution in [2.75, 3.05) is 0 Å². The van der Waals surface area contributed by atoms with Crippen molar-refractivity contribution in [3.8, 4) is 0 Å². The van der Waals surface area contributed by atoms with Gasteiger partial charge in [0.05, 0.1) is 6.20 Å². The molecule has 6 heteroatoms. The zero-order chi connectivity index (χ0) is 15.8. The van der Waals surface area contributed by atoms with Crippen molar-refractivity contribution in [1.29, 1.82) is 0 Å². The third-order valence-electron chi connectivity index (χ3n) is 3.58. The topological polar surface area (TPSA) is 62.3 Å². The summed E-state index contributed by atoms with van der Waals surface area (Å²) in [6, 6.07) is 0.769. The quantitative estimate of drug-likeness (QED) is 0.918. The van der Waals surface area contributed by atoms with Crippen molar-refractivity contribution in [2.45, 2.75) is 45.8 Å². The van der Waals surface area contributed by atoms with Gasteiger partial charge in [-0.15, -0.1) is 0 Å². The van der Waals surface area contributed by atoms with Crippen molar-refractivity contribution in [1.82, 2.24) is 15.2 Å². The predicted molar refractivity (Wildman–Crippen MR) is 75.6 cm³/mol. The molecule has 0 saturated carbocycles. The van der Waals surface area contributed by atoms with Crippen LogP contribution in [-0.2, 0) is 16.1 Å². The lowest BCUT2D eigenvalue weighted by Crippen LogP contribution is -2.68. The fourth-order valence-electron chi connectivity index (χ4n) is 2.63. The summed E-state index contributed by atoms with van der Waals surface area (Å²) in [5.41, 5.74) is -0.386. The van der Waals surface area contributed by atoms with Gasteiger partial charge in [0.1, 0.15) is 17.4 Å². The third kappa shape index (κ3) is 3.04. The molecule has 2 heterocycles. The van der Waals surface area contributed by atoms with Gasteiger partial charge in [0.2, 0.25) is 11.8 Å². The lowest BCUT2D eigenvalue weighted by molar-refractivity contribution is -0.156. The maximum Gasteiger partial charge on any atom is 0.248 e. The van der Waals surface area contributed by atoms with Gasteiger partial charge in [0.15, 0.2) is 0 Å². The smallest absolute Gasteiger partial charge is 0.248 e. The Morgan fingerprint density at radius 3 is 2.62 bits per heavy atom. The summed E-state index contributed by atoms with van der Waals surface area (Å²) in [6.45, 7) is 7.27. The average molecular weight is 293 g/mol. The maximum absolute atomic E-state index is 13.3. The molecule has 0 bridgehead atoms. The van der Waals surface area contributed by atoms with Crippen LogP contribution in [0.25, 0.3) is 0 Å². The molecule has 1 N–H and O–H groups in total. The normalized spacial score (nSPS) is 21.6. The Balaban J connectivity index is 2.35. The summed E-state index contributed by atoms with van der Waals surface area (Å²) < 4.78 is 13.3. The van der Waals surface area contributed by atoms with E-state index in [4.69, 9.17) is 0 Å². The van der Waals surface area contributed by atoms with Gasteiger partial charge in [0, 0.05) is 12.7 Å². The highest BCUT2D eigenvalue weighted by Crippen LogP contribution is 2.24. The fraction of sp³-hybridized carbons (Fsp3) is 0.533. The van der Waals surface area contributed by atoms with Crippen molar-refractivity contribution in [3.63, 3.8) is 0 Å². The number of piperazine rings is 1. The molecule has 1 unspecified atom stereocenters. The lowest BCUT2D eigenvalue weighted by atomic mass is 9.91. The Morgan fingerprint density at radius 1 is 1.38 bits per heavy atom. The van der Waals surface area contributed by atoms with Crippen LogP contribution in [0.3, 0.4) is 0 Å². The second-order valence-corrected chi connectivity index (χ2v) is 6.25. The van der Waals surface area contributed by atoms with Crippen LogP contribution >= 0.6 is 0 Å². The van der Waals surface area contributed by atoms with Crippen molar-refractivity contribution in [2.24, 2.45) is 5.92 Å². The van der Waals surface area contributed by atoms with E-state index in [1.165, 1.54) is 17.2 Å². The molecule has 21 heavy (non-hydrogen) atoms. The van der Waals surface area contributed by atoms with Crippen LogP contribution in [0.1, 0.15) is 33.3 Å². The number of rotatable bonds is 3. The second-order valence-electron chi connectivity index (χ2n) is 6.25. The van der Waals surface area contributed by atoms with Gasteiger partial charge in [-0.1, -0.05) is 13.8 Å². The molecule has 2 amide bonds. The first-order valence-electron chi connectivity index (χ1n) is 6.95. The average Bonchev–Trinajstić information content (AvgIpc) is 2.34. The molecule has 1 aromatic rings. The first-order valence-corrected chi connectivity index (χ1v) is 6.95. The number of nitrogens with one attached hydrogen (secondary N) is 1. The maximum atomic E-state index is 13.3. The SMILES string of the molecule is CC(C)C1C(=O)NC(C)(C)C(=O)N1Cc1cncc(F)c1. The molecular formula is C15H20FN3O2. The zero-order valence-electron chi connectivity index (χ0n) is 12.7. The number of nitrogens with zero attached hydrogens (tertiary/aromatic N) is 2. The molecule has 1 atom stereocenters. The van der Waals surface area contributed by atoms with Gasteiger partial charge in [-0.2, -0.15) is 0 Å². The number of pyridine rings is 1. The van der Waals surface area contributed by atoms with Gasteiger partial charge in [-0.05, 0) is 31.4 Å². The minimum atomic E-state index is -0.955. The van der Waals surface area contributed by atoms with E-state index in [-0.39, 0.29) is 24.3 Å². The summed E-state index contributed by atoms with van der Waals surface area (Å²) in [5, 5.41) is 2.74. The van der Waals surface area contributed by atoms with Crippen molar-refractivity contribution in [3.05, 3.63) is 29.8 Å². The number of hydrogen-bond acceptors (Lipinski definition) is 3. The first-order chi connectivity index (χ1) is 9.72. The van der Waals surface area contributed by atoms with E-state index in [9.17, 15) is 14.0 Å². The Bertz CT molecular complexity index is 572. The Kier molecular flexibility index (Phi) is 3.98. The molecule has 0 radical (unpaired) electrons. The number of hydrogen-bond donors (Lipinski definition) is 1. The van der Waals surface area contributed by atoms with E-state index in [0.717, 1.165) is 6.20 Å². The molecule has 0 aromatic carbocycles. The van der Waals surface area contributed by atoms with E-state index in [1.54, 1.807) is 13.8 Å². The monoisotopic (exact) mass is 293 g/mol. The van der Waals surface area contributed by atoms with Gasteiger partial charge in [-0.3, -0.25) is 14.6 Å². The Hall–Kier alpha value is -1.98. The fourth-order valence-corrected chi connectivity index (χ4v) is 2.63. The molecule has 114 valence electrons. The summed E-state index contributed by atoms with van der Waals surface area (Å²) in [4.78, 5) is 30.2. The third-order valence-corrected chi connectivity index (χ3v) is 3.58. The number of aromatic nitrogens is 1. The van der Waals surface area contributed by atoms with E-state index in [0.29, 0.717) is 5.56 Å². The van der Waals surface area contributed by atoms with Crippen LogP contribution < -0.4 is 5.32 Å². The van der Waals surface area contributed by atoms with Crippen LogP contribution in [0.2, 0.25) is 0 Å². The number of amides is 2. The Labute approximate surface area is 123 Å². The van der Waals surface area contributed by atoms with Crippen LogP contribution in [-0.4, -0.2) is 33.3 Å². The molecular weight excluding hydrogens is 273 g/mol. The molecule has 1 aliphatic rings. The predicted octanol–water partition coefficient (Wildman–Crippen LogP) is 1.48. The molecule has 1 saturated heterocycles. The molecule has 0 spiro atoms. The number of halogens is 1. The summed E-state index contributed by atoms with van der Waals surface area (Å²) in [7, 11) is 0. The number of carbonyl (C=O) groups is 2. The van der Waals surface area contributed by atoms with Gasteiger partial charge >= 0.3 is 0 Å². The molecule has 1 fully saturated rings. The van der Waals surface area contributed by atoms with E-state index in [1.807, 2.05) is 13.8 Å². The summed E-state index contributed by atoms with van der Waals surface area (Å²) in [6.07, 6.45) is 2.62. The minimum Gasteiger partial charge on any atom is -0.340 e. The summed E-state index contributed by atoms with van der Waals surface area (Å²) >= 11 is 0. The van der Waals surface area contributed by atoms with E-state index in [2.05, 4.69) is 10.3 Å². The molecule has 1 aliphatic heterocycles. The molecule has 5 nitrogen and oxygen atoms in total. The second kappa shape index (κ2) is 5.42. The van der Waals surface area contributed by atoms with Crippen LogP contribution in [0, 0.1) is 11.7 Å². The van der Waals surface area contributed by atoms with Crippen molar-refractivity contribution < 1.29 is 14.0 Å². The molecule has 2 rings (SSSR count). The van der Waals surface area contributed by atoms with E-state index < -0.39 is 17.4 Å². The molecule has 0 aliphatic carbocycles. The first kappa shape index (κ1) is 15.4. The standard InChI is InChI=1S/C15H20FN3O2/c1-9(2)12-13(20)18-15(3,4)14(21)19(12)8-10-5-11(16)7-17-6-10/h5-7,9,12H,8H2,1-4H3,(H,18,20).